The molecule has 2 aromatic rings. The first-order chi connectivity index (χ1) is 9.43. The third kappa shape index (κ3) is 1.76. The standard InChI is InChI=1S/C18H19N/c1-2-10-19-12-15(5-1)17-11-14-8-3-6-13-7-4-9-16(17)18(13)14/h2-4,6-10,15,17,19H,1,5,11-12H2. The van der Waals surface area contributed by atoms with E-state index in [4.69, 9.17) is 0 Å². The molecule has 0 fully saturated rings. The maximum absolute atomic E-state index is 3.45. The number of hydrogen-bond acceptors (Lipinski definition) is 1. The highest BCUT2D eigenvalue weighted by atomic mass is 14.8. The Morgan fingerprint density at radius 2 is 1.95 bits per heavy atom. The average molecular weight is 249 g/mol. The zero-order valence-electron chi connectivity index (χ0n) is 11.1. The van der Waals surface area contributed by atoms with Crippen molar-refractivity contribution in [2.24, 2.45) is 5.92 Å². The summed E-state index contributed by atoms with van der Waals surface area (Å²) in [4.78, 5) is 0. The van der Waals surface area contributed by atoms with Crippen molar-refractivity contribution < 1.29 is 0 Å². The number of benzene rings is 2. The van der Waals surface area contributed by atoms with Crippen molar-refractivity contribution in [2.75, 3.05) is 6.54 Å². The van der Waals surface area contributed by atoms with Crippen LogP contribution in [0.3, 0.4) is 0 Å². The van der Waals surface area contributed by atoms with E-state index >= 15 is 0 Å². The molecule has 0 saturated carbocycles. The summed E-state index contributed by atoms with van der Waals surface area (Å²) in [6.07, 6.45) is 8.13. The smallest absolute Gasteiger partial charge is 0.0175 e. The van der Waals surface area contributed by atoms with Gasteiger partial charge in [0, 0.05) is 6.54 Å². The van der Waals surface area contributed by atoms with Crippen LogP contribution in [0.15, 0.2) is 48.7 Å². The summed E-state index contributed by atoms with van der Waals surface area (Å²) < 4.78 is 0. The quantitative estimate of drug-likeness (QED) is 0.805. The van der Waals surface area contributed by atoms with Crippen LogP contribution >= 0.6 is 0 Å². The Kier molecular flexibility index (Phi) is 2.58. The van der Waals surface area contributed by atoms with E-state index in [0.717, 1.165) is 12.5 Å². The molecule has 1 aliphatic carbocycles. The first-order valence-corrected chi connectivity index (χ1v) is 7.32. The van der Waals surface area contributed by atoms with Crippen molar-refractivity contribution in [2.45, 2.75) is 25.2 Å². The van der Waals surface area contributed by atoms with Crippen molar-refractivity contribution in [3.05, 3.63) is 59.8 Å². The van der Waals surface area contributed by atoms with Crippen molar-refractivity contribution in [3.8, 4) is 0 Å². The first kappa shape index (κ1) is 11.1. The van der Waals surface area contributed by atoms with Gasteiger partial charge in [0.2, 0.25) is 0 Å². The maximum atomic E-state index is 3.45. The average Bonchev–Trinajstić information content (AvgIpc) is 2.65. The van der Waals surface area contributed by atoms with Crippen LogP contribution in [0, 0.1) is 5.92 Å². The molecule has 2 aromatic carbocycles. The Morgan fingerprint density at radius 3 is 2.89 bits per heavy atom. The topological polar surface area (TPSA) is 12.0 Å². The maximum Gasteiger partial charge on any atom is 0.0175 e. The van der Waals surface area contributed by atoms with Crippen LogP contribution in [-0.4, -0.2) is 6.54 Å². The molecule has 2 atom stereocenters. The molecular formula is C18H19N. The molecule has 4 rings (SSSR count). The predicted molar refractivity (Wildman–Crippen MR) is 80.3 cm³/mol. The molecule has 2 unspecified atom stereocenters. The van der Waals surface area contributed by atoms with Gasteiger partial charge < -0.3 is 5.32 Å². The van der Waals surface area contributed by atoms with E-state index in [1.165, 1.54) is 30.0 Å². The summed E-state index contributed by atoms with van der Waals surface area (Å²) >= 11 is 0. The van der Waals surface area contributed by atoms with Crippen molar-refractivity contribution in [1.82, 2.24) is 5.32 Å². The summed E-state index contributed by atoms with van der Waals surface area (Å²) in [5, 5.41) is 6.40. The lowest BCUT2D eigenvalue weighted by Gasteiger charge is -2.23. The van der Waals surface area contributed by atoms with E-state index in [-0.39, 0.29) is 0 Å². The molecular weight excluding hydrogens is 230 g/mol. The first-order valence-electron chi connectivity index (χ1n) is 7.32. The van der Waals surface area contributed by atoms with Gasteiger partial charge in [0.15, 0.2) is 0 Å². The summed E-state index contributed by atoms with van der Waals surface area (Å²) in [7, 11) is 0. The molecule has 0 saturated heterocycles. The zero-order chi connectivity index (χ0) is 12.7. The van der Waals surface area contributed by atoms with Gasteiger partial charge in [-0.15, -0.1) is 0 Å². The van der Waals surface area contributed by atoms with Gasteiger partial charge in [-0.25, -0.2) is 0 Å². The van der Waals surface area contributed by atoms with Crippen LogP contribution in [0.4, 0.5) is 0 Å². The van der Waals surface area contributed by atoms with Gasteiger partial charge in [-0.2, -0.15) is 0 Å². The molecule has 19 heavy (non-hydrogen) atoms. The van der Waals surface area contributed by atoms with Crippen LogP contribution in [0.1, 0.15) is 29.9 Å². The lowest BCUT2D eigenvalue weighted by molar-refractivity contribution is 0.402. The molecule has 0 radical (unpaired) electrons. The molecule has 1 nitrogen and oxygen atoms in total. The summed E-state index contributed by atoms with van der Waals surface area (Å²) in [6, 6.07) is 13.6. The van der Waals surface area contributed by atoms with E-state index in [2.05, 4.69) is 54.0 Å². The molecule has 1 aliphatic heterocycles. The minimum Gasteiger partial charge on any atom is -0.391 e. The summed E-state index contributed by atoms with van der Waals surface area (Å²) in [6.45, 7) is 1.12. The normalized spacial score (nSPS) is 25.3. The summed E-state index contributed by atoms with van der Waals surface area (Å²) in [5.74, 6) is 1.46. The van der Waals surface area contributed by atoms with E-state index in [0.29, 0.717) is 5.92 Å². The Morgan fingerprint density at radius 1 is 1.05 bits per heavy atom. The second-order valence-corrected chi connectivity index (χ2v) is 5.82. The third-order valence-electron chi connectivity index (χ3n) is 4.75. The number of rotatable bonds is 1. The Labute approximate surface area is 114 Å². The molecule has 0 bridgehead atoms. The van der Waals surface area contributed by atoms with Crippen LogP contribution in [0.25, 0.3) is 10.8 Å². The molecule has 0 spiro atoms. The van der Waals surface area contributed by atoms with Crippen LogP contribution in [0.2, 0.25) is 0 Å². The van der Waals surface area contributed by atoms with Crippen LogP contribution in [-0.2, 0) is 6.42 Å². The van der Waals surface area contributed by atoms with Gasteiger partial charge in [0.1, 0.15) is 0 Å². The molecule has 1 heteroatoms. The number of allylic oxidation sites excluding steroid dienone is 1. The van der Waals surface area contributed by atoms with Gasteiger partial charge in [-0.05, 0) is 59.2 Å². The van der Waals surface area contributed by atoms with Crippen LogP contribution in [0.5, 0.6) is 0 Å². The fourth-order valence-electron chi connectivity index (χ4n) is 3.84. The molecule has 96 valence electrons. The molecule has 0 amide bonds. The van der Waals surface area contributed by atoms with E-state index in [9.17, 15) is 0 Å². The predicted octanol–water partition coefficient (Wildman–Crippen LogP) is 3.99. The zero-order valence-corrected chi connectivity index (χ0v) is 11.1. The highest BCUT2D eigenvalue weighted by Crippen LogP contribution is 2.43. The Bertz CT molecular complexity index is 626. The Balaban J connectivity index is 1.76. The van der Waals surface area contributed by atoms with Crippen molar-refractivity contribution >= 4 is 10.8 Å². The van der Waals surface area contributed by atoms with E-state index in [1.807, 2.05) is 0 Å². The van der Waals surface area contributed by atoms with Crippen molar-refractivity contribution in [3.63, 3.8) is 0 Å². The van der Waals surface area contributed by atoms with Crippen LogP contribution < -0.4 is 5.32 Å². The fourth-order valence-corrected chi connectivity index (χ4v) is 3.84. The van der Waals surface area contributed by atoms with Gasteiger partial charge >= 0.3 is 0 Å². The third-order valence-corrected chi connectivity index (χ3v) is 4.75. The minimum atomic E-state index is 0.702. The van der Waals surface area contributed by atoms with Gasteiger partial charge in [0.05, 0.1) is 0 Å². The lowest BCUT2D eigenvalue weighted by Crippen LogP contribution is -2.22. The molecule has 1 heterocycles. The highest BCUT2D eigenvalue weighted by Gasteiger charge is 2.30. The highest BCUT2D eigenvalue weighted by molar-refractivity contribution is 5.91. The second-order valence-electron chi connectivity index (χ2n) is 5.82. The second kappa shape index (κ2) is 4.41. The lowest BCUT2D eigenvalue weighted by atomic mass is 9.84. The van der Waals surface area contributed by atoms with Gasteiger partial charge in [0.25, 0.3) is 0 Å². The number of nitrogens with one attached hydrogen (secondary N) is 1. The van der Waals surface area contributed by atoms with E-state index in [1.54, 1.807) is 11.1 Å². The Hall–Kier alpha value is -1.76. The van der Waals surface area contributed by atoms with Gasteiger partial charge in [-0.1, -0.05) is 42.5 Å². The number of hydrogen-bond donors (Lipinski definition) is 1. The molecule has 1 N–H and O–H groups in total. The minimum absolute atomic E-state index is 0.702. The SMILES string of the molecule is C1=CNCC(C2Cc3cccc4cccc2c34)CC1. The fraction of sp³-hybridized carbons (Fsp3) is 0.333. The monoisotopic (exact) mass is 249 g/mol. The largest absolute Gasteiger partial charge is 0.391 e. The van der Waals surface area contributed by atoms with Gasteiger partial charge in [-0.3, -0.25) is 0 Å². The summed E-state index contributed by atoms with van der Waals surface area (Å²) in [5.41, 5.74) is 3.14. The molecule has 2 aliphatic rings. The van der Waals surface area contributed by atoms with E-state index < -0.39 is 0 Å². The van der Waals surface area contributed by atoms with Crippen molar-refractivity contribution in [1.29, 1.82) is 0 Å². The molecule has 0 aromatic heterocycles.